The number of pyridine rings is 1. The van der Waals surface area contributed by atoms with Crippen LogP contribution in [-0.2, 0) is 0 Å². The highest BCUT2D eigenvalue weighted by Gasteiger charge is 2.27. The topological polar surface area (TPSA) is 63.2 Å². The fourth-order valence-corrected chi connectivity index (χ4v) is 2.31. The van der Waals surface area contributed by atoms with E-state index >= 15 is 0 Å². The van der Waals surface area contributed by atoms with Crippen molar-refractivity contribution in [1.29, 1.82) is 0 Å². The number of aromatic nitrogens is 1. The maximum Gasteiger partial charge on any atom is 0.487 e. The Morgan fingerprint density at radius 3 is 2.50 bits per heavy atom. The fourth-order valence-electron chi connectivity index (χ4n) is 1.77. The molecule has 128 valence electrons. The number of nitrogens with one attached hydrogen (secondary N) is 2. The van der Waals surface area contributed by atoms with Crippen LogP contribution in [0.25, 0.3) is 0 Å². The number of benzene rings is 1. The van der Waals surface area contributed by atoms with E-state index in [0.29, 0.717) is 16.0 Å². The number of amides is 1. The van der Waals surface area contributed by atoms with Gasteiger partial charge in [0.1, 0.15) is 16.7 Å². The van der Waals surface area contributed by atoms with Crippen molar-refractivity contribution >= 4 is 56.5 Å². The zero-order valence-electron chi connectivity index (χ0n) is 12.0. The highest BCUT2D eigenvalue weighted by Crippen LogP contribution is 2.28. The summed E-state index contributed by atoms with van der Waals surface area (Å²) in [5, 5.41) is 5.59. The van der Waals surface area contributed by atoms with Gasteiger partial charge >= 0.3 is 5.57 Å². The second-order valence-corrected chi connectivity index (χ2v) is 6.09. The molecule has 0 aliphatic heterocycles. The number of carbonyl (C=O) groups is 1. The third kappa shape index (κ3) is 4.93. The van der Waals surface area contributed by atoms with Crippen LogP contribution < -0.4 is 15.4 Å². The van der Waals surface area contributed by atoms with Crippen molar-refractivity contribution in [3.05, 3.63) is 45.5 Å². The summed E-state index contributed by atoms with van der Waals surface area (Å²) in [6.45, 7) is 0. The zero-order valence-corrected chi connectivity index (χ0v) is 15.1. The first-order chi connectivity index (χ1) is 11.2. The highest BCUT2D eigenvalue weighted by molar-refractivity contribution is 9.10. The molecule has 0 unspecified atom stereocenters. The number of nitrogens with zero attached hydrogens (tertiary/aromatic N) is 1. The zero-order chi connectivity index (χ0) is 17.9. The first-order valence-corrected chi connectivity index (χ1v) is 7.95. The minimum Gasteiger partial charge on any atom is -0.420 e. The molecule has 1 heterocycles. The average Bonchev–Trinajstić information content (AvgIpc) is 2.50. The van der Waals surface area contributed by atoms with Gasteiger partial charge in [-0.2, -0.15) is 0 Å². The Hall–Kier alpha value is -1.64. The molecule has 0 aliphatic carbocycles. The molecule has 5 nitrogen and oxygen atoms in total. The van der Waals surface area contributed by atoms with Gasteiger partial charge in [-0.15, -0.1) is 8.78 Å². The molecule has 2 aromatic rings. The van der Waals surface area contributed by atoms with Crippen LogP contribution in [0.2, 0.25) is 5.15 Å². The van der Waals surface area contributed by atoms with Crippen molar-refractivity contribution in [2.24, 2.45) is 0 Å². The van der Waals surface area contributed by atoms with E-state index in [4.69, 9.17) is 11.6 Å². The maximum absolute atomic E-state index is 12.5. The van der Waals surface area contributed by atoms with E-state index in [9.17, 15) is 13.6 Å². The van der Waals surface area contributed by atoms with Gasteiger partial charge in [0.15, 0.2) is 0 Å². The van der Waals surface area contributed by atoms with Crippen molar-refractivity contribution in [2.75, 3.05) is 17.7 Å². The summed E-state index contributed by atoms with van der Waals surface area (Å²) < 4.78 is 29.7. The van der Waals surface area contributed by atoms with Crippen LogP contribution in [0.15, 0.2) is 34.8 Å². The average molecular weight is 441 g/mol. The van der Waals surface area contributed by atoms with E-state index in [0.717, 1.165) is 0 Å². The number of alkyl halides is 3. The summed E-state index contributed by atoms with van der Waals surface area (Å²) in [6, 6.07) is 6.81. The van der Waals surface area contributed by atoms with Gasteiger partial charge in [-0.25, -0.2) is 4.98 Å². The molecule has 0 saturated carbocycles. The number of ether oxygens (including phenoxy) is 1. The number of anilines is 2. The predicted molar refractivity (Wildman–Crippen MR) is 92.3 cm³/mol. The lowest BCUT2D eigenvalue weighted by Crippen LogP contribution is -2.16. The van der Waals surface area contributed by atoms with E-state index in [1.54, 1.807) is 7.05 Å². The van der Waals surface area contributed by atoms with Crippen molar-refractivity contribution < 1.29 is 18.3 Å². The second kappa shape index (κ2) is 7.50. The molecule has 0 spiro atoms. The van der Waals surface area contributed by atoms with Gasteiger partial charge in [0.2, 0.25) is 0 Å². The number of halogens is 5. The van der Waals surface area contributed by atoms with Crippen LogP contribution in [0.4, 0.5) is 20.3 Å². The Morgan fingerprint density at radius 2 is 1.96 bits per heavy atom. The smallest absolute Gasteiger partial charge is 0.420 e. The van der Waals surface area contributed by atoms with Crippen molar-refractivity contribution in [1.82, 2.24) is 4.98 Å². The van der Waals surface area contributed by atoms with Gasteiger partial charge in [0, 0.05) is 24.3 Å². The lowest BCUT2D eigenvalue weighted by molar-refractivity contribution is -0.0964. The minimum absolute atomic E-state index is 0.139. The van der Waals surface area contributed by atoms with Gasteiger partial charge < -0.3 is 15.4 Å². The molecule has 2 rings (SSSR count). The molecule has 0 bridgehead atoms. The molecule has 2 N–H and O–H groups in total. The largest absolute Gasteiger partial charge is 0.487 e. The van der Waals surface area contributed by atoms with Crippen LogP contribution in [0.5, 0.6) is 5.75 Å². The van der Waals surface area contributed by atoms with Crippen LogP contribution in [0.3, 0.4) is 0 Å². The maximum atomic E-state index is 12.5. The van der Waals surface area contributed by atoms with Gasteiger partial charge in [0.25, 0.3) is 5.91 Å². The Morgan fingerprint density at radius 1 is 1.33 bits per heavy atom. The first kappa shape index (κ1) is 18.7. The molecule has 1 amide bonds. The molecular weight excluding hydrogens is 431 g/mol. The third-order valence-electron chi connectivity index (χ3n) is 2.76. The van der Waals surface area contributed by atoms with E-state index in [1.165, 1.54) is 30.3 Å². The molecule has 0 radical (unpaired) electrons. The number of carbonyl (C=O) groups excluding carboxylic acids is 1. The molecule has 1 aromatic carbocycles. The van der Waals surface area contributed by atoms with E-state index in [1.807, 2.05) is 0 Å². The Kier molecular flexibility index (Phi) is 5.84. The molecule has 1 aromatic heterocycles. The predicted octanol–water partition coefficient (Wildman–Crippen LogP) is 4.96. The van der Waals surface area contributed by atoms with E-state index in [-0.39, 0.29) is 16.5 Å². The molecule has 0 fully saturated rings. The van der Waals surface area contributed by atoms with Crippen LogP contribution >= 0.6 is 39.1 Å². The van der Waals surface area contributed by atoms with Crippen LogP contribution in [-0.4, -0.2) is 23.5 Å². The van der Waals surface area contributed by atoms with Crippen molar-refractivity contribution in [3.63, 3.8) is 0 Å². The van der Waals surface area contributed by atoms with Crippen LogP contribution in [0.1, 0.15) is 10.4 Å². The second-order valence-electron chi connectivity index (χ2n) is 4.43. The number of rotatable bonds is 5. The Bertz CT molecular complexity index is 755. The molecule has 24 heavy (non-hydrogen) atoms. The summed E-state index contributed by atoms with van der Waals surface area (Å²) >= 11 is 13.8. The number of hydrogen-bond donors (Lipinski definition) is 2. The van der Waals surface area contributed by atoms with Gasteiger partial charge in [-0.05, 0) is 46.3 Å². The Balaban J connectivity index is 2.17. The monoisotopic (exact) mass is 439 g/mol. The van der Waals surface area contributed by atoms with Crippen molar-refractivity contribution in [3.8, 4) is 5.75 Å². The summed E-state index contributed by atoms with van der Waals surface area (Å²) in [7, 11) is 1.60. The lowest BCUT2D eigenvalue weighted by Gasteiger charge is -2.12. The van der Waals surface area contributed by atoms with Crippen LogP contribution in [0, 0.1) is 0 Å². The summed E-state index contributed by atoms with van der Waals surface area (Å²) in [5.41, 5.74) is -3.17. The Labute approximate surface area is 154 Å². The summed E-state index contributed by atoms with van der Waals surface area (Å²) in [4.78, 5) is 16.4. The molecule has 10 heteroatoms. The lowest BCUT2D eigenvalue weighted by atomic mass is 10.2. The van der Waals surface area contributed by atoms with Gasteiger partial charge in [0.05, 0.1) is 10.0 Å². The van der Waals surface area contributed by atoms with E-state index in [2.05, 4.69) is 47.9 Å². The molecule has 0 saturated heterocycles. The molecular formula is C14H10BrCl2F2N3O2. The van der Waals surface area contributed by atoms with E-state index < -0.39 is 11.5 Å². The minimum atomic E-state index is -3.80. The molecule has 0 aliphatic rings. The standard InChI is InChI=1S/C14H10BrCl2F2N3O2/c1-20-12-9(6-10(15)11(16)22-12)13(23)21-7-2-4-8(5-3-7)24-14(17,18)19/h2-6H,1H3,(H,20,22)(H,21,23). The number of hydrogen-bond acceptors (Lipinski definition) is 4. The first-order valence-electron chi connectivity index (χ1n) is 6.40. The van der Waals surface area contributed by atoms with Gasteiger partial charge in [-0.3, -0.25) is 4.79 Å². The highest BCUT2D eigenvalue weighted by atomic mass is 79.9. The van der Waals surface area contributed by atoms with Crippen molar-refractivity contribution in [2.45, 2.75) is 5.57 Å². The normalized spacial score (nSPS) is 11.1. The quantitative estimate of drug-likeness (QED) is 0.509. The SMILES string of the molecule is CNc1nc(Cl)c(Br)cc1C(=O)Nc1ccc(OC(F)(F)Cl)cc1. The summed E-state index contributed by atoms with van der Waals surface area (Å²) in [5.74, 6) is -0.303. The van der Waals surface area contributed by atoms with Gasteiger partial charge in [-0.1, -0.05) is 11.6 Å². The molecule has 0 atom stereocenters. The summed E-state index contributed by atoms with van der Waals surface area (Å²) in [6.07, 6.45) is 0. The fraction of sp³-hybridized carbons (Fsp3) is 0.143. The third-order valence-corrected chi connectivity index (χ3v) is 3.96.